The molecule has 0 radical (unpaired) electrons. The van der Waals surface area contributed by atoms with Crippen molar-refractivity contribution in [1.82, 2.24) is 9.55 Å². The molecule has 1 heterocycles. The first-order valence-electron chi connectivity index (χ1n) is 3.04. The Morgan fingerprint density at radius 3 is 2.80 bits per heavy atom. The summed E-state index contributed by atoms with van der Waals surface area (Å²) < 4.78 is 8.40. The van der Waals surface area contributed by atoms with Crippen LogP contribution in [0.3, 0.4) is 0 Å². The summed E-state index contributed by atoms with van der Waals surface area (Å²) in [5, 5.41) is 16.9. The van der Waals surface area contributed by atoms with Crippen LogP contribution < -0.4 is 0 Å². The molecule has 0 spiro atoms. The van der Waals surface area contributed by atoms with Gasteiger partial charge in [0.1, 0.15) is 13.5 Å². The van der Waals surface area contributed by atoms with E-state index in [0.29, 0.717) is 0 Å². The van der Waals surface area contributed by atoms with Crippen LogP contribution in [0, 0.1) is 22.7 Å². The third kappa shape index (κ3) is 0.723. The highest BCUT2D eigenvalue weighted by Crippen LogP contribution is 2.00. The molecule has 0 unspecified atom stereocenters. The van der Waals surface area contributed by atoms with E-state index in [1.165, 1.54) is 11.6 Å². The zero-order valence-corrected chi connectivity index (χ0v) is 5.29. The number of rotatable bonds is 0. The molecule has 4 nitrogen and oxygen atoms in total. The minimum atomic E-state index is -0.0712. The lowest BCUT2D eigenvalue weighted by atomic mass is 10.4. The van der Waals surface area contributed by atoms with Gasteiger partial charge in [0.25, 0.3) is 0 Å². The van der Waals surface area contributed by atoms with Crippen LogP contribution in [0.15, 0.2) is 6.30 Å². The third-order valence-electron chi connectivity index (χ3n) is 1.08. The Bertz CT molecular complexity index is 365. The molecule has 0 atom stereocenters. The highest BCUT2D eigenvalue weighted by Gasteiger charge is 2.04. The van der Waals surface area contributed by atoms with Crippen LogP contribution in [-0.4, -0.2) is 9.55 Å². The molecule has 10 heavy (non-hydrogen) atoms. The maximum Gasteiger partial charge on any atom is 0.176 e. The van der Waals surface area contributed by atoms with E-state index < -0.39 is 0 Å². The monoisotopic (exact) mass is 133 g/mol. The highest BCUT2D eigenvalue weighted by atomic mass is 15.0. The minimum Gasteiger partial charge on any atom is -0.324 e. The van der Waals surface area contributed by atoms with E-state index in [1.807, 2.05) is 0 Å². The fraction of sp³-hybridized carbons (Fsp3) is 0.167. The number of nitriles is 2. The Balaban J connectivity index is 3.45. The lowest BCUT2D eigenvalue weighted by Gasteiger charge is -1.86. The normalized spacial score (nSPS) is 9.70. The lowest BCUT2D eigenvalue weighted by Crippen LogP contribution is -1.89. The van der Waals surface area contributed by atoms with Crippen LogP contribution in [0.2, 0.25) is 0 Å². The van der Waals surface area contributed by atoms with E-state index in [2.05, 4.69) is 4.98 Å². The van der Waals surface area contributed by atoms with Gasteiger partial charge in [-0.15, -0.1) is 0 Å². The van der Waals surface area contributed by atoms with Crippen molar-refractivity contribution in [2.75, 3.05) is 0 Å². The van der Waals surface area contributed by atoms with E-state index in [-0.39, 0.29) is 17.7 Å². The van der Waals surface area contributed by atoms with Crippen LogP contribution in [0.25, 0.3) is 0 Å². The molecule has 1 rings (SSSR count). The van der Waals surface area contributed by atoms with Crippen LogP contribution >= 0.6 is 0 Å². The summed E-state index contributed by atoms with van der Waals surface area (Å²) in [6, 6.07) is 3.53. The third-order valence-corrected chi connectivity index (χ3v) is 1.08. The molecule has 0 aromatic carbocycles. The van der Waals surface area contributed by atoms with Crippen molar-refractivity contribution in [2.45, 2.75) is 0 Å². The second-order valence-electron chi connectivity index (χ2n) is 1.69. The largest absolute Gasteiger partial charge is 0.324 e. The summed E-state index contributed by atoms with van der Waals surface area (Å²) in [5.41, 5.74) is 0.150. The maximum absolute atomic E-state index is 8.50. The zero-order chi connectivity index (χ0) is 8.43. The summed E-state index contributed by atoms with van der Waals surface area (Å²) in [5.74, 6) is 0. The number of hydrogen-bond donors (Lipinski definition) is 0. The second-order valence-corrected chi connectivity index (χ2v) is 1.69. The standard InChI is InChI=1S/C6H4N4/c1-10-4-9-5(2-7)6(10)3-8/h4H,1H3/i4D. The summed E-state index contributed by atoms with van der Waals surface area (Å²) in [6.07, 6.45) is -0.0712. The van der Waals surface area contributed by atoms with Crippen LogP contribution in [0.1, 0.15) is 12.8 Å². The first kappa shape index (κ1) is 5.01. The Kier molecular flexibility index (Phi) is 1.10. The van der Waals surface area contributed by atoms with Gasteiger partial charge >= 0.3 is 0 Å². The predicted octanol–water partition coefficient (Wildman–Crippen LogP) is 0.163. The van der Waals surface area contributed by atoms with Crippen molar-refractivity contribution in [2.24, 2.45) is 7.05 Å². The summed E-state index contributed by atoms with van der Waals surface area (Å²) in [7, 11) is 1.52. The van der Waals surface area contributed by atoms with Crippen molar-refractivity contribution in [3.63, 3.8) is 0 Å². The first-order chi connectivity index (χ1) is 5.20. The Morgan fingerprint density at radius 1 is 1.70 bits per heavy atom. The average Bonchev–Trinajstić information content (AvgIpc) is 2.28. The molecule has 0 saturated carbocycles. The SMILES string of the molecule is [2H]c1nc(C#N)c(C#N)n1C. The van der Waals surface area contributed by atoms with Crippen LogP contribution in [0.4, 0.5) is 0 Å². The van der Waals surface area contributed by atoms with Crippen molar-refractivity contribution in [3.05, 3.63) is 17.7 Å². The van der Waals surface area contributed by atoms with Crippen molar-refractivity contribution < 1.29 is 1.37 Å². The highest BCUT2D eigenvalue weighted by molar-refractivity contribution is 5.35. The zero-order valence-electron chi connectivity index (χ0n) is 6.29. The molecular formula is C6H4N4. The number of imidazole rings is 1. The summed E-state index contributed by atoms with van der Waals surface area (Å²) >= 11 is 0. The van der Waals surface area contributed by atoms with Gasteiger partial charge in [-0.3, -0.25) is 0 Å². The van der Waals surface area contributed by atoms with Crippen LogP contribution in [-0.2, 0) is 7.05 Å². The topological polar surface area (TPSA) is 65.4 Å². The van der Waals surface area contributed by atoms with E-state index in [9.17, 15) is 0 Å². The number of nitrogens with zero attached hydrogens (tertiary/aromatic N) is 4. The predicted molar refractivity (Wildman–Crippen MR) is 32.6 cm³/mol. The number of hydrogen-bond acceptors (Lipinski definition) is 3. The summed E-state index contributed by atoms with van der Waals surface area (Å²) in [6.45, 7) is 0. The van der Waals surface area contributed by atoms with Crippen LogP contribution in [0.5, 0.6) is 0 Å². The Morgan fingerprint density at radius 2 is 2.40 bits per heavy atom. The molecule has 1 aromatic rings. The van der Waals surface area contributed by atoms with Gasteiger partial charge in [-0.1, -0.05) is 0 Å². The summed E-state index contributed by atoms with van der Waals surface area (Å²) in [4.78, 5) is 3.55. The van der Waals surface area contributed by atoms with E-state index in [0.717, 1.165) is 0 Å². The Labute approximate surface area is 59.4 Å². The average molecular weight is 133 g/mol. The minimum absolute atomic E-state index is 0.0139. The molecule has 0 aliphatic rings. The molecule has 0 aliphatic carbocycles. The molecule has 0 fully saturated rings. The van der Waals surface area contributed by atoms with Gasteiger partial charge in [-0.25, -0.2) is 4.98 Å². The molecule has 4 heteroatoms. The maximum atomic E-state index is 8.50. The lowest BCUT2D eigenvalue weighted by molar-refractivity contribution is 0.896. The molecule has 0 saturated heterocycles. The van der Waals surface area contributed by atoms with E-state index >= 15 is 0 Å². The molecule has 0 aliphatic heterocycles. The fourth-order valence-corrected chi connectivity index (χ4v) is 0.593. The van der Waals surface area contributed by atoms with Gasteiger partial charge < -0.3 is 4.57 Å². The van der Waals surface area contributed by atoms with Gasteiger partial charge in [-0.05, 0) is 0 Å². The molecule has 0 N–H and O–H groups in total. The van der Waals surface area contributed by atoms with Gasteiger partial charge in [0.05, 0.1) is 6.30 Å². The van der Waals surface area contributed by atoms with Gasteiger partial charge in [0.15, 0.2) is 11.4 Å². The first-order valence-corrected chi connectivity index (χ1v) is 2.54. The van der Waals surface area contributed by atoms with E-state index in [4.69, 9.17) is 11.9 Å². The molecule has 0 bridgehead atoms. The Hall–Kier alpha value is -1.81. The van der Waals surface area contributed by atoms with Crippen molar-refractivity contribution in [1.29, 1.82) is 10.5 Å². The van der Waals surface area contributed by atoms with Gasteiger partial charge in [-0.2, -0.15) is 10.5 Å². The van der Waals surface area contributed by atoms with Crippen molar-refractivity contribution >= 4 is 0 Å². The molecular weight excluding hydrogens is 128 g/mol. The smallest absolute Gasteiger partial charge is 0.176 e. The van der Waals surface area contributed by atoms with Gasteiger partial charge in [0, 0.05) is 7.05 Å². The molecule has 48 valence electrons. The second kappa shape index (κ2) is 2.20. The van der Waals surface area contributed by atoms with E-state index in [1.54, 1.807) is 12.1 Å². The van der Waals surface area contributed by atoms with Gasteiger partial charge in [0.2, 0.25) is 0 Å². The van der Waals surface area contributed by atoms with Crippen molar-refractivity contribution in [3.8, 4) is 12.1 Å². The molecule has 1 aromatic heterocycles. The quantitative estimate of drug-likeness (QED) is 0.506. The molecule has 0 amide bonds. The number of aromatic nitrogens is 2. The fourth-order valence-electron chi connectivity index (χ4n) is 0.593.